The lowest BCUT2D eigenvalue weighted by Crippen LogP contribution is -2.41. The lowest BCUT2D eigenvalue weighted by molar-refractivity contribution is -0.136. The first kappa shape index (κ1) is 30.8. The van der Waals surface area contributed by atoms with Gasteiger partial charge in [-0.25, -0.2) is 8.42 Å². The number of sulfonamides is 1. The van der Waals surface area contributed by atoms with Crippen molar-refractivity contribution in [1.29, 1.82) is 0 Å². The third-order valence-electron chi connectivity index (χ3n) is 8.26. The molecule has 216 valence electrons. The molecule has 3 rings (SSSR count). The van der Waals surface area contributed by atoms with Crippen LogP contribution in [0, 0.1) is 13.8 Å². The van der Waals surface area contributed by atoms with Gasteiger partial charge in [-0.15, -0.1) is 0 Å². The molecule has 2 fully saturated rings. The molecule has 38 heavy (non-hydrogen) atoms. The Hall–Kier alpha value is -1.72. The number of likely N-dealkylation sites (N-methyl/N-ethyl adjacent to an activating group) is 4. The predicted octanol–water partition coefficient (Wildman–Crippen LogP) is 2.74. The van der Waals surface area contributed by atoms with Gasteiger partial charge in [0.2, 0.25) is 15.9 Å². The van der Waals surface area contributed by atoms with E-state index in [-0.39, 0.29) is 36.6 Å². The fraction of sp³-hybridized carbons (Fsp3) is 0.750. The summed E-state index contributed by atoms with van der Waals surface area (Å²) in [4.78, 5) is 19.9. The smallest absolute Gasteiger partial charge is 0.248 e. The first-order valence-electron chi connectivity index (χ1n) is 13.9. The Bertz CT molecular complexity index is 1020. The van der Waals surface area contributed by atoms with Crippen molar-refractivity contribution in [3.8, 4) is 5.75 Å². The maximum absolute atomic E-state index is 13.2. The average Bonchev–Trinajstić information content (AvgIpc) is 3.60. The number of carbonyl (C=O) groups is 1. The van der Waals surface area contributed by atoms with Crippen molar-refractivity contribution in [2.24, 2.45) is 0 Å². The van der Waals surface area contributed by atoms with Crippen molar-refractivity contribution in [1.82, 2.24) is 19.0 Å². The molecule has 2 aliphatic carbocycles. The fourth-order valence-electron chi connectivity index (χ4n) is 5.56. The molecule has 0 radical (unpaired) electrons. The molecule has 0 heterocycles. The summed E-state index contributed by atoms with van der Waals surface area (Å²) in [6.07, 6.45) is 5.76. The van der Waals surface area contributed by atoms with Crippen molar-refractivity contribution in [3.05, 3.63) is 23.3 Å². The van der Waals surface area contributed by atoms with Gasteiger partial charge in [0.25, 0.3) is 0 Å². The molecule has 2 unspecified atom stereocenters. The van der Waals surface area contributed by atoms with Crippen LogP contribution in [0.5, 0.6) is 5.75 Å². The molecule has 0 N–H and O–H groups in total. The van der Waals surface area contributed by atoms with Gasteiger partial charge in [-0.3, -0.25) is 9.69 Å². The topological polar surface area (TPSA) is 82.6 Å². The van der Waals surface area contributed by atoms with Crippen LogP contribution in [0.25, 0.3) is 0 Å². The summed E-state index contributed by atoms with van der Waals surface area (Å²) in [5.41, 5.74) is 1.27. The number of hydrogen-bond acceptors (Lipinski definition) is 7. The Labute approximate surface area is 230 Å². The van der Waals surface area contributed by atoms with E-state index in [1.807, 2.05) is 11.9 Å². The molecule has 1 aromatic carbocycles. The van der Waals surface area contributed by atoms with Crippen molar-refractivity contribution < 1.29 is 22.7 Å². The number of hydrogen-bond donors (Lipinski definition) is 0. The van der Waals surface area contributed by atoms with Gasteiger partial charge in [0, 0.05) is 51.9 Å². The molecule has 0 bridgehead atoms. The molecule has 2 aliphatic rings. The lowest BCUT2D eigenvalue weighted by atomic mass is 10.1. The summed E-state index contributed by atoms with van der Waals surface area (Å²) >= 11 is 0. The molecule has 2 saturated carbocycles. The average molecular weight is 553 g/mol. The number of ether oxygens (including phenoxy) is 2. The SMILES string of the molecule is CCN(CCN(C)C1CCC(N(C)C(=O)COCCN(C)S(=O)(=O)c2c(C)cc(OC)cc2C)C1)C1CC1. The van der Waals surface area contributed by atoms with Gasteiger partial charge in [-0.1, -0.05) is 6.92 Å². The molecule has 0 spiro atoms. The van der Waals surface area contributed by atoms with E-state index >= 15 is 0 Å². The highest BCUT2D eigenvalue weighted by Gasteiger charge is 2.33. The number of carbonyl (C=O) groups excluding carboxylic acids is 1. The van der Waals surface area contributed by atoms with Crippen LogP contribution in [-0.2, 0) is 19.6 Å². The largest absolute Gasteiger partial charge is 0.497 e. The molecule has 1 aromatic rings. The van der Waals surface area contributed by atoms with Crippen LogP contribution in [0.2, 0.25) is 0 Å². The van der Waals surface area contributed by atoms with Gasteiger partial charge in [0.1, 0.15) is 12.4 Å². The Morgan fingerprint density at radius 2 is 1.55 bits per heavy atom. The Morgan fingerprint density at radius 3 is 2.13 bits per heavy atom. The molecule has 0 aliphatic heterocycles. The van der Waals surface area contributed by atoms with Gasteiger partial charge in [-0.2, -0.15) is 4.31 Å². The van der Waals surface area contributed by atoms with E-state index in [1.165, 1.54) is 24.2 Å². The number of amides is 1. The minimum absolute atomic E-state index is 0.0468. The van der Waals surface area contributed by atoms with Crippen LogP contribution in [0.15, 0.2) is 17.0 Å². The van der Waals surface area contributed by atoms with Crippen molar-refractivity contribution in [2.75, 3.05) is 67.6 Å². The zero-order valence-corrected chi connectivity index (χ0v) is 25.2. The van der Waals surface area contributed by atoms with E-state index in [0.29, 0.717) is 22.9 Å². The van der Waals surface area contributed by atoms with E-state index < -0.39 is 10.0 Å². The summed E-state index contributed by atoms with van der Waals surface area (Å²) in [7, 11) is 3.47. The van der Waals surface area contributed by atoms with Gasteiger partial charge in [0.05, 0.1) is 18.6 Å². The second kappa shape index (κ2) is 13.6. The van der Waals surface area contributed by atoms with Crippen molar-refractivity contribution >= 4 is 15.9 Å². The lowest BCUT2D eigenvalue weighted by Gasteiger charge is -2.29. The van der Waals surface area contributed by atoms with E-state index in [0.717, 1.165) is 44.9 Å². The quantitative estimate of drug-likeness (QED) is 0.310. The fourth-order valence-corrected chi connectivity index (χ4v) is 7.12. The maximum atomic E-state index is 13.2. The predicted molar refractivity (Wildman–Crippen MR) is 150 cm³/mol. The third-order valence-corrected chi connectivity index (χ3v) is 10.4. The molecule has 0 saturated heterocycles. The Morgan fingerprint density at radius 1 is 0.947 bits per heavy atom. The minimum Gasteiger partial charge on any atom is -0.497 e. The number of aryl methyl sites for hydroxylation is 2. The summed E-state index contributed by atoms with van der Waals surface area (Å²) < 4.78 is 38.5. The first-order valence-corrected chi connectivity index (χ1v) is 15.3. The van der Waals surface area contributed by atoms with Crippen molar-refractivity contribution in [3.63, 3.8) is 0 Å². The number of methoxy groups -OCH3 is 1. The van der Waals surface area contributed by atoms with Crippen LogP contribution in [0.3, 0.4) is 0 Å². The van der Waals surface area contributed by atoms with Gasteiger partial charge in [0.15, 0.2) is 0 Å². The molecule has 9 nitrogen and oxygen atoms in total. The third kappa shape index (κ3) is 7.69. The second-order valence-electron chi connectivity index (χ2n) is 10.9. The summed E-state index contributed by atoms with van der Waals surface area (Å²) in [6, 6.07) is 4.95. The van der Waals surface area contributed by atoms with E-state index in [1.54, 1.807) is 33.1 Å². The minimum atomic E-state index is -3.69. The van der Waals surface area contributed by atoms with E-state index in [2.05, 4.69) is 23.8 Å². The standard InChI is InChI=1S/C28H48N4O5S/c1-8-32(23-9-10-23)14-13-29(4)24-11-12-25(19-24)31(6)27(33)20-37-16-15-30(5)38(34,35)28-21(2)17-26(36-7)18-22(28)3/h17-18,23-25H,8-16,19-20H2,1-7H3. The normalized spacial score (nSPS) is 20.1. The summed E-state index contributed by atoms with van der Waals surface area (Å²) in [5, 5.41) is 0. The number of benzene rings is 1. The van der Waals surface area contributed by atoms with Crippen LogP contribution in [-0.4, -0.2) is 119 Å². The molecule has 2 atom stereocenters. The van der Waals surface area contributed by atoms with Crippen LogP contribution in [0.4, 0.5) is 0 Å². The van der Waals surface area contributed by atoms with Gasteiger partial charge in [-0.05, 0) is 82.8 Å². The van der Waals surface area contributed by atoms with E-state index in [9.17, 15) is 13.2 Å². The van der Waals surface area contributed by atoms with Crippen LogP contribution >= 0.6 is 0 Å². The molecular weight excluding hydrogens is 504 g/mol. The second-order valence-corrected chi connectivity index (χ2v) is 12.9. The highest BCUT2D eigenvalue weighted by molar-refractivity contribution is 7.89. The maximum Gasteiger partial charge on any atom is 0.248 e. The Kier molecular flexibility index (Phi) is 11.0. The molecule has 0 aromatic heterocycles. The highest BCUT2D eigenvalue weighted by atomic mass is 32.2. The number of nitrogens with zero attached hydrogens (tertiary/aromatic N) is 4. The zero-order valence-electron chi connectivity index (χ0n) is 24.4. The molecule has 1 amide bonds. The molecule has 10 heteroatoms. The molecular formula is C28H48N4O5S. The van der Waals surface area contributed by atoms with Crippen LogP contribution < -0.4 is 4.74 Å². The summed E-state index contributed by atoms with van der Waals surface area (Å²) in [5.74, 6) is 0.570. The highest BCUT2D eigenvalue weighted by Crippen LogP contribution is 2.29. The van der Waals surface area contributed by atoms with E-state index in [4.69, 9.17) is 9.47 Å². The zero-order chi connectivity index (χ0) is 28.0. The summed E-state index contributed by atoms with van der Waals surface area (Å²) in [6.45, 7) is 9.33. The van der Waals surface area contributed by atoms with Crippen LogP contribution in [0.1, 0.15) is 50.2 Å². The first-order chi connectivity index (χ1) is 18.0. The van der Waals surface area contributed by atoms with Crippen molar-refractivity contribution in [2.45, 2.75) is 75.9 Å². The monoisotopic (exact) mass is 552 g/mol. The Balaban J connectivity index is 1.41. The van der Waals surface area contributed by atoms with Gasteiger partial charge >= 0.3 is 0 Å². The van der Waals surface area contributed by atoms with Gasteiger partial charge < -0.3 is 19.3 Å². The number of rotatable bonds is 15.